The molecule has 2 atom stereocenters. The quantitative estimate of drug-likeness (QED) is 0.0356. The van der Waals surface area contributed by atoms with Crippen LogP contribution in [0.1, 0.15) is 200 Å². The SMILES string of the molecule is CCCCCCCC(=O)OCC(CCOc1cc(CN(C)C)cc(OCC[C@@H](COC(=O)CCCCCCC)OC(=O)CCCCCCC)c1)OC(=O)CCCCCCC. The minimum absolute atomic E-state index is 0.00732. The molecule has 0 aliphatic heterocycles. The summed E-state index contributed by atoms with van der Waals surface area (Å²) in [5, 5.41) is 0. The van der Waals surface area contributed by atoms with Crippen molar-refractivity contribution in [3.8, 4) is 11.5 Å². The van der Waals surface area contributed by atoms with Crippen molar-refractivity contribution in [2.24, 2.45) is 0 Å². The van der Waals surface area contributed by atoms with Crippen LogP contribution >= 0.6 is 0 Å². The van der Waals surface area contributed by atoms with Crippen molar-refractivity contribution in [1.29, 1.82) is 0 Å². The lowest BCUT2D eigenvalue weighted by atomic mass is 10.1. The first-order valence-electron chi connectivity index (χ1n) is 23.8. The number of hydrogen-bond acceptors (Lipinski definition) is 11. The van der Waals surface area contributed by atoms with E-state index in [0.717, 1.165) is 134 Å². The van der Waals surface area contributed by atoms with Crippen LogP contribution in [0, 0.1) is 0 Å². The van der Waals surface area contributed by atoms with Gasteiger partial charge in [0.2, 0.25) is 0 Å². The van der Waals surface area contributed by atoms with E-state index in [1.165, 1.54) is 0 Å². The Morgan fingerprint density at radius 3 is 1.13 bits per heavy atom. The molecule has 0 saturated carbocycles. The van der Waals surface area contributed by atoms with Gasteiger partial charge in [0.25, 0.3) is 0 Å². The molecule has 60 heavy (non-hydrogen) atoms. The van der Waals surface area contributed by atoms with Crippen LogP contribution in [0.3, 0.4) is 0 Å². The number of ether oxygens (including phenoxy) is 6. The molecule has 1 aromatic carbocycles. The lowest BCUT2D eigenvalue weighted by Crippen LogP contribution is -2.27. The third-order valence-electron chi connectivity index (χ3n) is 10.3. The zero-order valence-corrected chi connectivity index (χ0v) is 38.8. The maximum Gasteiger partial charge on any atom is 0.306 e. The van der Waals surface area contributed by atoms with Crippen molar-refractivity contribution in [3.05, 3.63) is 23.8 Å². The summed E-state index contributed by atoms with van der Waals surface area (Å²) in [7, 11) is 3.97. The Kier molecular flexibility index (Phi) is 34.1. The van der Waals surface area contributed by atoms with Crippen molar-refractivity contribution in [2.75, 3.05) is 40.5 Å². The van der Waals surface area contributed by atoms with E-state index >= 15 is 0 Å². The second-order valence-electron chi connectivity index (χ2n) is 16.6. The number of rotatable bonds is 40. The Balaban J connectivity index is 2.93. The fourth-order valence-corrected chi connectivity index (χ4v) is 6.72. The van der Waals surface area contributed by atoms with E-state index in [9.17, 15) is 19.2 Å². The molecule has 0 N–H and O–H groups in total. The predicted molar refractivity (Wildman–Crippen MR) is 239 cm³/mol. The van der Waals surface area contributed by atoms with E-state index in [4.69, 9.17) is 28.4 Å². The monoisotopic (exact) mass is 848 g/mol. The molecule has 0 heterocycles. The van der Waals surface area contributed by atoms with Gasteiger partial charge in [-0.15, -0.1) is 0 Å². The van der Waals surface area contributed by atoms with Crippen LogP contribution in [0.4, 0.5) is 0 Å². The maximum absolute atomic E-state index is 12.8. The average molecular weight is 848 g/mol. The standard InChI is InChI=1S/C49H85NO10/c1-7-11-15-19-23-27-46(51)57-39-42(59-48(53)29-25-21-17-13-9-3)31-33-55-44-35-41(38-50(5)6)36-45(37-44)56-34-32-43(60-49(54)30-26-22-18-14-10-4)40-58-47(52)28-24-20-16-12-8-2/h35-37,42-43H,7-34,38-40H2,1-6H3/t42-,43?/m0/s1. The van der Waals surface area contributed by atoms with Crippen molar-refractivity contribution in [1.82, 2.24) is 4.90 Å². The highest BCUT2D eigenvalue weighted by Crippen LogP contribution is 2.25. The Labute approximate surface area is 364 Å². The van der Waals surface area contributed by atoms with Gasteiger partial charge >= 0.3 is 23.9 Å². The van der Waals surface area contributed by atoms with Gasteiger partial charge in [0.1, 0.15) is 36.9 Å². The fourth-order valence-electron chi connectivity index (χ4n) is 6.72. The van der Waals surface area contributed by atoms with Gasteiger partial charge in [0.15, 0.2) is 0 Å². The van der Waals surface area contributed by atoms with Gasteiger partial charge in [-0.1, -0.05) is 130 Å². The number of nitrogens with zero attached hydrogens (tertiary/aromatic N) is 1. The molecule has 0 spiro atoms. The van der Waals surface area contributed by atoms with Crippen LogP contribution in [0.5, 0.6) is 11.5 Å². The van der Waals surface area contributed by atoms with E-state index in [2.05, 4.69) is 32.6 Å². The summed E-state index contributed by atoms with van der Waals surface area (Å²) < 4.78 is 35.2. The molecule has 346 valence electrons. The summed E-state index contributed by atoms with van der Waals surface area (Å²) in [6.07, 6.45) is 21.5. The van der Waals surface area contributed by atoms with E-state index in [0.29, 0.717) is 56.6 Å². The first-order valence-corrected chi connectivity index (χ1v) is 23.8. The smallest absolute Gasteiger partial charge is 0.306 e. The number of carbonyl (C=O) groups excluding carboxylic acids is 4. The number of esters is 4. The Morgan fingerprint density at radius 1 is 0.467 bits per heavy atom. The lowest BCUT2D eigenvalue weighted by molar-refractivity contribution is -0.160. The molecule has 0 aliphatic rings. The number of benzene rings is 1. The molecular formula is C49H85NO10. The first-order chi connectivity index (χ1) is 29.1. The molecule has 11 nitrogen and oxygen atoms in total. The molecule has 0 fully saturated rings. The zero-order chi connectivity index (χ0) is 44.1. The van der Waals surface area contributed by atoms with E-state index in [-0.39, 0.29) is 50.3 Å². The molecule has 0 radical (unpaired) electrons. The highest BCUT2D eigenvalue weighted by molar-refractivity contribution is 5.71. The molecule has 1 aromatic rings. The van der Waals surface area contributed by atoms with E-state index in [1.54, 1.807) is 0 Å². The van der Waals surface area contributed by atoms with Crippen LogP contribution < -0.4 is 9.47 Å². The molecule has 11 heteroatoms. The normalized spacial score (nSPS) is 12.2. The van der Waals surface area contributed by atoms with E-state index < -0.39 is 12.2 Å². The van der Waals surface area contributed by atoms with Gasteiger partial charge in [0, 0.05) is 51.1 Å². The Bertz CT molecular complexity index is 1170. The lowest BCUT2D eigenvalue weighted by Gasteiger charge is -2.20. The summed E-state index contributed by atoms with van der Waals surface area (Å²) in [6.45, 7) is 9.73. The molecular weight excluding hydrogens is 763 g/mol. The second-order valence-corrected chi connectivity index (χ2v) is 16.6. The van der Waals surface area contributed by atoms with Gasteiger partial charge in [0.05, 0.1) is 13.2 Å². The number of hydrogen-bond donors (Lipinski definition) is 0. The van der Waals surface area contributed by atoms with Gasteiger partial charge in [-0.05, 0) is 57.5 Å². The summed E-state index contributed by atoms with van der Waals surface area (Å²) in [5.41, 5.74) is 0.977. The largest absolute Gasteiger partial charge is 0.493 e. The minimum Gasteiger partial charge on any atom is -0.493 e. The predicted octanol–water partition coefficient (Wildman–Crippen LogP) is 11.6. The highest BCUT2D eigenvalue weighted by Gasteiger charge is 2.20. The summed E-state index contributed by atoms with van der Waals surface area (Å²) in [5.74, 6) is 0.0534. The van der Waals surface area contributed by atoms with Crippen molar-refractivity contribution in [3.63, 3.8) is 0 Å². The van der Waals surface area contributed by atoms with Crippen molar-refractivity contribution >= 4 is 23.9 Å². The summed E-state index contributed by atoms with van der Waals surface area (Å²) in [4.78, 5) is 52.7. The first kappa shape index (κ1) is 54.7. The molecule has 0 saturated heterocycles. The highest BCUT2D eigenvalue weighted by atomic mass is 16.6. The van der Waals surface area contributed by atoms with Crippen molar-refractivity contribution in [2.45, 2.75) is 213 Å². The fraction of sp³-hybridized carbons (Fsp3) is 0.796. The third-order valence-corrected chi connectivity index (χ3v) is 10.3. The minimum atomic E-state index is -0.621. The summed E-state index contributed by atoms with van der Waals surface area (Å²) >= 11 is 0. The summed E-state index contributed by atoms with van der Waals surface area (Å²) in [6, 6.07) is 5.72. The van der Waals surface area contributed by atoms with Gasteiger partial charge in [-0.2, -0.15) is 0 Å². The molecule has 0 aromatic heterocycles. The zero-order valence-electron chi connectivity index (χ0n) is 38.8. The van der Waals surface area contributed by atoms with Crippen LogP contribution in [0.15, 0.2) is 18.2 Å². The molecule has 1 unspecified atom stereocenters. The van der Waals surface area contributed by atoms with Crippen LogP contribution in [-0.2, 0) is 44.7 Å². The van der Waals surface area contributed by atoms with Crippen molar-refractivity contribution < 1.29 is 47.6 Å². The van der Waals surface area contributed by atoms with Crippen LogP contribution in [0.25, 0.3) is 0 Å². The van der Waals surface area contributed by atoms with Gasteiger partial charge < -0.3 is 33.3 Å². The second kappa shape index (κ2) is 37.4. The van der Waals surface area contributed by atoms with E-state index in [1.807, 2.05) is 32.3 Å². The van der Waals surface area contributed by atoms with Gasteiger partial charge in [-0.3, -0.25) is 19.2 Å². The number of carbonyl (C=O) groups is 4. The number of unbranched alkanes of at least 4 members (excludes halogenated alkanes) is 16. The Hall–Kier alpha value is -3.34. The maximum atomic E-state index is 12.8. The Morgan fingerprint density at radius 2 is 0.800 bits per heavy atom. The third kappa shape index (κ3) is 31.5. The average Bonchev–Trinajstić information content (AvgIpc) is 3.21. The van der Waals surface area contributed by atoms with Gasteiger partial charge in [-0.25, -0.2) is 0 Å². The topological polar surface area (TPSA) is 127 Å². The van der Waals surface area contributed by atoms with Crippen LogP contribution in [0.2, 0.25) is 0 Å². The molecule has 0 bridgehead atoms. The molecule has 1 rings (SSSR count). The molecule has 0 amide bonds. The van der Waals surface area contributed by atoms with Crippen LogP contribution in [-0.4, -0.2) is 81.5 Å². The molecule has 0 aliphatic carbocycles.